The van der Waals surface area contributed by atoms with Crippen LogP contribution in [-0.2, 0) is 6.54 Å². The molecule has 0 amide bonds. The van der Waals surface area contributed by atoms with Gasteiger partial charge in [-0.25, -0.2) is 0 Å². The summed E-state index contributed by atoms with van der Waals surface area (Å²) in [4.78, 5) is 4.18. The molecule has 1 aliphatic carbocycles. The maximum atomic E-state index is 12.7. The molecule has 1 N–H and O–H groups in total. The molecule has 0 saturated heterocycles. The van der Waals surface area contributed by atoms with Gasteiger partial charge in [0.05, 0.1) is 12.8 Å². The highest BCUT2D eigenvalue weighted by atomic mass is 19.4. The second-order valence-electron chi connectivity index (χ2n) is 4.57. The molecule has 0 atom stereocenters. The van der Waals surface area contributed by atoms with Gasteiger partial charge in [0.25, 0.3) is 0 Å². The van der Waals surface area contributed by atoms with Crippen molar-refractivity contribution in [2.75, 3.05) is 7.11 Å². The van der Waals surface area contributed by atoms with Gasteiger partial charge in [0, 0.05) is 24.4 Å². The lowest BCUT2D eigenvalue weighted by Crippen LogP contribution is -2.44. The Hall–Kier alpha value is -1.30. The van der Waals surface area contributed by atoms with E-state index in [2.05, 4.69) is 10.3 Å². The number of nitrogens with zero attached hydrogens (tertiary/aromatic N) is 1. The van der Waals surface area contributed by atoms with Gasteiger partial charge in [-0.1, -0.05) is 0 Å². The normalized spacial score (nSPS) is 17.6. The number of hydrogen-bond donors (Lipinski definition) is 1. The maximum absolute atomic E-state index is 12.7. The molecule has 1 fully saturated rings. The van der Waals surface area contributed by atoms with Crippen LogP contribution in [0.4, 0.5) is 13.2 Å². The standard InChI is InChI=1S/C12H15F3N2O/c1-8-5-10(18-2)6-9(17-8)7-16-11(3-4-11)12(13,14)15/h5-6,16H,3-4,7H2,1-2H3. The Kier molecular flexibility index (Phi) is 3.23. The van der Waals surface area contributed by atoms with Gasteiger partial charge in [0.2, 0.25) is 0 Å². The molecule has 0 aromatic carbocycles. The van der Waals surface area contributed by atoms with E-state index in [1.54, 1.807) is 19.1 Å². The first-order valence-electron chi connectivity index (χ1n) is 5.70. The molecular formula is C12H15F3N2O. The minimum atomic E-state index is -4.19. The van der Waals surface area contributed by atoms with Crippen LogP contribution in [-0.4, -0.2) is 23.8 Å². The number of rotatable bonds is 4. The van der Waals surface area contributed by atoms with E-state index in [1.807, 2.05) is 0 Å². The molecule has 1 aliphatic rings. The van der Waals surface area contributed by atoms with E-state index in [9.17, 15) is 13.2 Å². The number of ether oxygens (including phenoxy) is 1. The zero-order valence-electron chi connectivity index (χ0n) is 10.3. The van der Waals surface area contributed by atoms with Gasteiger partial charge < -0.3 is 4.74 Å². The molecule has 1 aromatic rings. The van der Waals surface area contributed by atoms with Crippen LogP contribution in [0.1, 0.15) is 24.2 Å². The van der Waals surface area contributed by atoms with Crippen molar-refractivity contribution in [2.24, 2.45) is 0 Å². The number of pyridine rings is 1. The summed E-state index contributed by atoms with van der Waals surface area (Å²) >= 11 is 0. The number of nitrogens with one attached hydrogen (secondary N) is 1. The van der Waals surface area contributed by atoms with Gasteiger partial charge in [-0.05, 0) is 19.8 Å². The summed E-state index contributed by atoms with van der Waals surface area (Å²) in [7, 11) is 1.52. The molecule has 100 valence electrons. The van der Waals surface area contributed by atoms with Crippen LogP contribution in [0.25, 0.3) is 0 Å². The van der Waals surface area contributed by atoms with E-state index in [0.29, 0.717) is 11.4 Å². The minimum Gasteiger partial charge on any atom is -0.497 e. The molecule has 6 heteroatoms. The number of halogens is 3. The molecule has 0 radical (unpaired) electrons. The zero-order valence-corrected chi connectivity index (χ0v) is 10.3. The first kappa shape index (κ1) is 13.1. The fraction of sp³-hybridized carbons (Fsp3) is 0.583. The van der Waals surface area contributed by atoms with Gasteiger partial charge in [0.15, 0.2) is 0 Å². The molecule has 0 bridgehead atoms. The average molecular weight is 260 g/mol. The minimum absolute atomic E-state index is 0.0948. The third-order valence-electron chi connectivity index (χ3n) is 3.12. The van der Waals surface area contributed by atoms with Crippen LogP contribution in [0.3, 0.4) is 0 Å². The molecule has 1 saturated carbocycles. The monoisotopic (exact) mass is 260 g/mol. The summed E-state index contributed by atoms with van der Waals surface area (Å²) in [6.45, 7) is 1.88. The van der Waals surface area contributed by atoms with Crippen molar-refractivity contribution in [1.29, 1.82) is 0 Å². The van der Waals surface area contributed by atoms with Gasteiger partial charge in [-0.3, -0.25) is 10.3 Å². The number of methoxy groups -OCH3 is 1. The van der Waals surface area contributed by atoms with Crippen LogP contribution in [0, 0.1) is 6.92 Å². The highest BCUT2D eigenvalue weighted by molar-refractivity contribution is 5.27. The third kappa shape index (κ3) is 2.58. The largest absolute Gasteiger partial charge is 0.497 e. The van der Waals surface area contributed by atoms with Crippen LogP contribution >= 0.6 is 0 Å². The molecule has 0 aliphatic heterocycles. The molecule has 18 heavy (non-hydrogen) atoms. The molecule has 0 spiro atoms. The van der Waals surface area contributed by atoms with E-state index in [-0.39, 0.29) is 19.4 Å². The van der Waals surface area contributed by atoms with Crippen molar-refractivity contribution in [2.45, 2.75) is 38.0 Å². The SMILES string of the molecule is COc1cc(C)nc(CNC2(C(F)(F)F)CC2)c1. The average Bonchev–Trinajstić information content (AvgIpc) is 3.06. The lowest BCUT2D eigenvalue weighted by Gasteiger charge is -2.20. The maximum Gasteiger partial charge on any atom is 0.406 e. The van der Waals surface area contributed by atoms with Crippen molar-refractivity contribution < 1.29 is 17.9 Å². The second-order valence-corrected chi connectivity index (χ2v) is 4.57. The molecule has 1 heterocycles. The Bertz CT molecular complexity index is 441. The van der Waals surface area contributed by atoms with Crippen LogP contribution < -0.4 is 10.1 Å². The van der Waals surface area contributed by atoms with E-state index in [1.165, 1.54) is 7.11 Å². The fourth-order valence-corrected chi connectivity index (χ4v) is 1.86. The topological polar surface area (TPSA) is 34.1 Å². The van der Waals surface area contributed by atoms with Crippen molar-refractivity contribution in [3.63, 3.8) is 0 Å². The Labute approximate surface area is 103 Å². The fourth-order valence-electron chi connectivity index (χ4n) is 1.86. The summed E-state index contributed by atoms with van der Waals surface area (Å²) < 4.78 is 43.2. The molecule has 1 aromatic heterocycles. The Morgan fingerprint density at radius 1 is 1.39 bits per heavy atom. The second kappa shape index (κ2) is 4.42. The Morgan fingerprint density at radius 2 is 2.06 bits per heavy atom. The van der Waals surface area contributed by atoms with E-state index >= 15 is 0 Å². The van der Waals surface area contributed by atoms with Crippen LogP contribution in [0.2, 0.25) is 0 Å². The molecule has 3 nitrogen and oxygen atoms in total. The van der Waals surface area contributed by atoms with Gasteiger partial charge >= 0.3 is 6.18 Å². The smallest absolute Gasteiger partial charge is 0.406 e. The third-order valence-corrected chi connectivity index (χ3v) is 3.12. The summed E-state index contributed by atoms with van der Waals surface area (Å²) in [5.74, 6) is 0.608. The molecule has 0 unspecified atom stereocenters. The number of aromatic nitrogens is 1. The van der Waals surface area contributed by atoms with E-state index < -0.39 is 11.7 Å². The van der Waals surface area contributed by atoms with E-state index in [4.69, 9.17) is 4.74 Å². The van der Waals surface area contributed by atoms with Crippen LogP contribution in [0.15, 0.2) is 12.1 Å². The van der Waals surface area contributed by atoms with E-state index in [0.717, 1.165) is 5.69 Å². The first-order chi connectivity index (χ1) is 8.36. The number of hydrogen-bond acceptors (Lipinski definition) is 3. The van der Waals surface area contributed by atoms with Crippen molar-refractivity contribution in [3.8, 4) is 5.75 Å². The summed E-state index contributed by atoms with van der Waals surface area (Å²) in [5, 5.41) is 2.56. The lowest BCUT2D eigenvalue weighted by atomic mass is 10.2. The predicted octanol–water partition coefficient (Wildman–Crippen LogP) is 2.58. The number of aryl methyl sites for hydroxylation is 1. The van der Waals surface area contributed by atoms with Crippen molar-refractivity contribution in [1.82, 2.24) is 10.3 Å². The summed E-state index contributed by atoms with van der Waals surface area (Å²) in [5.41, 5.74) is -0.420. The molecular weight excluding hydrogens is 245 g/mol. The van der Waals surface area contributed by atoms with Crippen LogP contribution in [0.5, 0.6) is 5.75 Å². The van der Waals surface area contributed by atoms with Gasteiger partial charge in [-0.15, -0.1) is 0 Å². The highest BCUT2D eigenvalue weighted by Gasteiger charge is 2.62. The quantitative estimate of drug-likeness (QED) is 0.903. The lowest BCUT2D eigenvalue weighted by molar-refractivity contribution is -0.166. The highest BCUT2D eigenvalue weighted by Crippen LogP contribution is 2.49. The van der Waals surface area contributed by atoms with Crippen molar-refractivity contribution >= 4 is 0 Å². The molecule has 2 rings (SSSR count). The van der Waals surface area contributed by atoms with Crippen molar-refractivity contribution in [3.05, 3.63) is 23.5 Å². The summed E-state index contributed by atoms with van der Waals surface area (Å²) in [6.07, 6.45) is -3.92. The first-order valence-corrected chi connectivity index (χ1v) is 5.70. The predicted molar refractivity (Wildman–Crippen MR) is 60.4 cm³/mol. The Morgan fingerprint density at radius 3 is 2.56 bits per heavy atom. The number of alkyl halides is 3. The van der Waals surface area contributed by atoms with Gasteiger partial charge in [0.1, 0.15) is 11.3 Å². The Balaban J connectivity index is 2.05. The summed E-state index contributed by atoms with van der Waals surface area (Å²) in [6, 6.07) is 3.38. The van der Waals surface area contributed by atoms with Gasteiger partial charge in [-0.2, -0.15) is 13.2 Å². The zero-order chi connectivity index (χ0) is 13.4.